The molecule has 0 aromatic heterocycles. The zero-order valence-corrected chi connectivity index (χ0v) is 15.6. The van der Waals surface area contributed by atoms with E-state index in [9.17, 15) is 22.8 Å². The number of ether oxygens (including phenoxy) is 1. The van der Waals surface area contributed by atoms with E-state index in [1.807, 2.05) is 0 Å². The summed E-state index contributed by atoms with van der Waals surface area (Å²) in [6.45, 7) is 2.84. The number of benzene rings is 2. The molecule has 9 heteroatoms. The van der Waals surface area contributed by atoms with E-state index in [0.717, 1.165) is 0 Å². The lowest BCUT2D eigenvalue weighted by Crippen LogP contribution is -2.34. The molecule has 0 radical (unpaired) electrons. The van der Waals surface area contributed by atoms with E-state index in [-0.39, 0.29) is 17.0 Å². The number of hydrogen-bond donors (Lipinski definition) is 2. The first-order chi connectivity index (χ1) is 13.3. The van der Waals surface area contributed by atoms with E-state index in [1.165, 1.54) is 42.5 Å². The zero-order valence-electron chi connectivity index (χ0n) is 14.8. The molecule has 0 heterocycles. The molecular formula is C19H18N2O6S. The van der Waals surface area contributed by atoms with Crippen LogP contribution in [0.15, 0.2) is 72.1 Å². The van der Waals surface area contributed by atoms with Crippen molar-refractivity contribution in [2.24, 2.45) is 0 Å². The molecule has 0 spiro atoms. The van der Waals surface area contributed by atoms with E-state index in [4.69, 9.17) is 4.74 Å². The van der Waals surface area contributed by atoms with Crippen LogP contribution in [0.1, 0.15) is 20.7 Å². The van der Waals surface area contributed by atoms with Crippen LogP contribution >= 0.6 is 0 Å². The highest BCUT2D eigenvalue weighted by molar-refractivity contribution is 7.89. The van der Waals surface area contributed by atoms with Crippen molar-refractivity contribution >= 4 is 27.8 Å². The molecule has 2 amide bonds. The fourth-order valence-corrected chi connectivity index (χ4v) is 3.06. The number of amides is 2. The predicted octanol–water partition coefficient (Wildman–Crippen LogP) is 1.26. The Morgan fingerprint density at radius 2 is 1.61 bits per heavy atom. The molecule has 0 saturated carbocycles. The van der Waals surface area contributed by atoms with Crippen LogP contribution in [0.5, 0.6) is 0 Å². The van der Waals surface area contributed by atoms with Crippen molar-refractivity contribution in [3.8, 4) is 0 Å². The van der Waals surface area contributed by atoms with Gasteiger partial charge in [-0.2, -0.15) is 0 Å². The van der Waals surface area contributed by atoms with Gasteiger partial charge in [0.2, 0.25) is 10.0 Å². The quantitative estimate of drug-likeness (QED) is 0.507. The van der Waals surface area contributed by atoms with E-state index in [0.29, 0.717) is 5.56 Å². The number of sulfonamides is 1. The summed E-state index contributed by atoms with van der Waals surface area (Å²) in [5.74, 6) is -2.22. The maximum atomic E-state index is 12.0. The Morgan fingerprint density at radius 1 is 0.964 bits per heavy atom. The number of imide groups is 1. The highest BCUT2D eigenvalue weighted by Gasteiger charge is 2.16. The monoisotopic (exact) mass is 402 g/mol. The Hall–Kier alpha value is -3.30. The normalized spacial score (nSPS) is 10.7. The number of carbonyl (C=O) groups is 3. The van der Waals surface area contributed by atoms with Crippen molar-refractivity contribution in [1.29, 1.82) is 0 Å². The summed E-state index contributed by atoms with van der Waals surface area (Å²) in [4.78, 5) is 35.5. The summed E-state index contributed by atoms with van der Waals surface area (Å²) in [7, 11) is -3.71. The highest BCUT2D eigenvalue weighted by atomic mass is 32.2. The maximum Gasteiger partial charge on any atom is 0.338 e. The van der Waals surface area contributed by atoms with Crippen LogP contribution in [0.3, 0.4) is 0 Å². The van der Waals surface area contributed by atoms with E-state index in [1.54, 1.807) is 18.2 Å². The number of rotatable bonds is 8. The van der Waals surface area contributed by atoms with Crippen LogP contribution < -0.4 is 10.0 Å². The minimum Gasteiger partial charge on any atom is -0.452 e. The third-order valence-electron chi connectivity index (χ3n) is 3.44. The van der Waals surface area contributed by atoms with Crippen molar-refractivity contribution in [3.63, 3.8) is 0 Å². The van der Waals surface area contributed by atoms with Crippen molar-refractivity contribution in [2.45, 2.75) is 4.90 Å². The number of esters is 1. The summed E-state index contributed by atoms with van der Waals surface area (Å²) < 4.78 is 31.0. The SMILES string of the molecule is C=CCNS(=O)(=O)c1ccc(C(=O)OCC(=O)NC(=O)c2ccccc2)cc1. The molecular weight excluding hydrogens is 384 g/mol. The highest BCUT2D eigenvalue weighted by Crippen LogP contribution is 2.11. The van der Waals surface area contributed by atoms with E-state index < -0.39 is 34.4 Å². The van der Waals surface area contributed by atoms with Crippen molar-refractivity contribution in [1.82, 2.24) is 10.0 Å². The predicted molar refractivity (Wildman–Crippen MR) is 101 cm³/mol. The lowest BCUT2D eigenvalue weighted by molar-refractivity contribution is -0.123. The lowest BCUT2D eigenvalue weighted by Gasteiger charge is -2.07. The van der Waals surface area contributed by atoms with Gasteiger partial charge in [0.15, 0.2) is 6.61 Å². The third-order valence-corrected chi connectivity index (χ3v) is 4.88. The maximum absolute atomic E-state index is 12.0. The lowest BCUT2D eigenvalue weighted by atomic mass is 10.2. The molecule has 28 heavy (non-hydrogen) atoms. The second kappa shape index (κ2) is 9.58. The Labute approximate surface area is 162 Å². The van der Waals surface area contributed by atoms with Gasteiger partial charge in [0, 0.05) is 12.1 Å². The van der Waals surface area contributed by atoms with Gasteiger partial charge in [0.1, 0.15) is 0 Å². The number of nitrogens with one attached hydrogen (secondary N) is 2. The minimum absolute atomic E-state index is 0.0305. The molecule has 2 aromatic carbocycles. The average molecular weight is 402 g/mol. The second-order valence-corrected chi connectivity index (χ2v) is 7.25. The molecule has 2 aromatic rings. The Kier molecular flexibility index (Phi) is 7.19. The van der Waals surface area contributed by atoms with E-state index >= 15 is 0 Å². The third kappa shape index (κ3) is 5.86. The van der Waals surface area contributed by atoms with Gasteiger partial charge in [0.05, 0.1) is 10.5 Å². The van der Waals surface area contributed by atoms with Gasteiger partial charge in [-0.25, -0.2) is 17.9 Å². The Balaban J connectivity index is 1.90. The summed E-state index contributed by atoms with van der Waals surface area (Å²) in [6, 6.07) is 13.1. The van der Waals surface area contributed by atoms with Gasteiger partial charge in [-0.1, -0.05) is 24.3 Å². The molecule has 0 fully saturated rings. The van der Waals surface area contributed by atoms with Crippen LogP contribution in [0, 0.1) is 0 Å². The van der Waals surface area contributed by atoms with Gasteiger partial charge >= 0.3 is 5.97 Å². The largest absolute Gasteiger partial charge is 0.452 e. The Morgan fingerprint density at radius 3 is 2.21 bits per heavy atom. The Bertz CT molecular complexity index is 969. The minimum atomic E-state index is -3.71. The summed E-state index contributed by atoms with van der Waals surface area (Å²) in [5.41, 5.74) is 0.355. The molecule has 8 nitrogen and oxygen atoms in total. The summed E-state index contributed by atoms with van der Waals surface area (Å²) in [5, 5.41) is 2.10. The number of carbonyl (C=O) groups excluding carboxylic acids is 3. The summed E-state index contributed by atoms with van der Waals surface area (Å²) in [6.07, 6.45) is 1.40. The molecule has 0 saturated heterocycles. The van der Waals surface area contributed by atoms with E-state index in [2.05, 4.69) is 16.6 Å². The van der Waals surface area contributed by atoms with Crippen LogP contribution in [0.4, 0.5) is 0 Å². The van der Waals surface area contributed by atoms with Crippen molar-refractivity contribution in [3.05, 3.63) is 78.4 Å². The molecule has 2 N–H and O–H groups in total. The molecule has 0 aliphatic heterocycles. The fraction of sp³-hybridized carbons (Fsp3) is 0.105. The van der Waals surface area contributed by atoms with Gasteiger partial charge < -0.3 is 4.74 Å². The van der Waals surface area contributed by atoms with Crippen LogP contribution in [0.25, 0.3) is 0 Å². The zero-order chi connectivity index (χ0) is 20.6. The molecule has 0 aliphatic rings. The van der Waals surface area contributed by atoms with Crippen molar-refractivity contribution in [2.75, 3.05) is 13.2 Å². The molecule has 2 rings (SSSR count). The average Bonchev–Trinajstić information content (AvgIpc) is 2.71. The first kappa shape index (κ1) is 21.0. The fourth-order valence-electron chi connectivity index (χ4n) is 2.06. The molecule has 0 atom stereocenters. The van der Waals surface area contributed by atoms with Gasteiger partial charge in [-0.15, -0.1) is 6.58 Å². The molecule has 0 bridgehead atoms. The molecule has 0 unspecified atom stereocenters. The number of hydrogen-bond acceptors (Lipinski definition) is 6. The van der Waals surface area contributed by atoms with Gasteiger partial charge in [-0.3, -0.25) is 14.9 Å². The smallest absolute Gasteiger partial charge is 0.338 e. The van der Waals surface area contributed by atoms with Gasteiger partial charge in [0.25, 0.3) is 11.8 Å². The molecule has 146 valence electrons. The van der Waals surface area contributed by atoms with Crippen LogP contribution in [-0.2, 0) is 19.6 Å². The second-order valence-electron chi connectivity index (χ2n) is 5.48. The molecule has 0 aliphatic carbocycles. The summed E-state index contributed by atoms with van der Waals surface area (Å²) >= 11 is 0. The topological polar surface area (TPSA) is 119 Å². The van der Waals surface area contributed by atoms with Gasteiger partial charge in [-0.05, 0) is 36.4 Å². The van der Waals surface area contributed by atoms with Crippen molar-refractivity contribution < 1.29 is 27.5 Å². The standard InChI is InChI=1S/C19H18N2O6S/c1-2-12-20-28(25,26)16-10-8-15(9-11-16)19(24)27-13-17(22)21-18(23)14-6-4-3-5-7-14/h2-11,20H,1,12-13H2,(H,21,22,23). The first-order valence-electron chi connectivity index (χ1n) is 8.10. The van der Waals surface area contributed by atoms with Crippen LogP contribution in [-0.4, -0.2) is 39.4 Å². The van der Waals surface area contributed by atoms with Crippen LogP contribution in [0.2, 0.25) is 0 Å². The first-order valence-corrected chi connectivity index (χ1v) is 9.59.